The molecule has 1 N–H and O–H groups in total. The standard InChI is InChI=1S/C36H30Cl2FN3O6/c37-35-19-27-24(13-14-26-29(27)32(45)41(31(26)44)22-11-9-21(10-12-22)40-15-17-48-18-16-40)30(25-3-1-2-4-28(25)43)36(35,38)34(47)42(33(35)46)23-7-5-20(39)6-8-23/h1-13,26-27,29-30,43H,14-19H2/t26-,27+,29-,30+,35+,36-/m0/s1. The summed E-state index contributed by atoms with van der Waals surface area (Å²) in [5.74, 6) is -6.62. The summed E-state index contributed by atoms with van der Waals surface area (Å²) in [6.45, 7) is 2.71. The van der Waals surface area contributed by atoms with Crippen molar-refractivity contribution in [3.63, 3.8) is 0 Å². The quantitative estimate of drug-likeness (QED) is 0.230. The van der Waals surface area contributed by atoms with Crippen LogP contribution in [0.2, 0.25) is 0 Å². The number of ether oxygens (including phenoxy) is 1. The number of fused-ring (bicyclic) bond motifs is 4. The highest BCUT2D eigenvalue weighted by Crippen LogP contribution is 2.66. The van der Waals surface area contributed by atoms with Crippen LogP contribution in [0.3, 0.4) is 0 Å². The molecule has 1 saturated carbocycles. The number of aromatic hydroxyl groups is 1. The lowest BCUT2D eigenvalue weighted by Crippen LogP contribution is -2.60. The van der Waals surface area contributed by atoms with Crippen molar-refractivity contribution in [1.82, 2.24) is 0 Å². The van der Waals surface area contributed by atoms with Gasteiger partial charge in [0.1, 0.15) is 11.6 Å². The zero-order chi connectivity index (χ0) is 33.5. The highest BCUT2D eigenvalue weighted by atomic mass is 35.5. The van der Waals surface area contributed by atoms with Gasteiger partial charge < -0.3 is 14.7 Å². The van der Waals surface area contributed by atoms with Crippen molar-refractivity contribution >= 4 is 63.9 Å². The zero-order valence-electron chi connectivity index (χ0n) is 25.5. The number of phenols is 1. The first kappa shape index (κ1) is 31.0. The van der Waals surface area contributed by atoms with E-state index in [0.29, 0.717) is 24.5 Å². The maximum atomic E-state index is 14.4. The topological polar surface area (TPSA) is 107 Å². The molecule has 0 unspecified atom stereocenters. The number of halogens is 3. The van der Waals surface area contributed by atoms with Gasteiger partial charge in [0.05, 0.1) is 36.4 Å². The summed E-state index contributed by atoms with van der Waals surface area (Å²) in [6.07, 6.45) is 1.80. The molecule has 12 heteroatoms. The third-order valence-corrected chi connectivity index (χ3v) is 12.0. The van der Waals surface area contributed by atoms with Gasteiger partial charge in [-0.3, -0.25) is 24.1 Å². The summed E-state index contributed by atoms with van der Waals surface area (Å²) < 4.78 is 19.3. The molecule has 3 saturated heterocycles. The van der Waals surface area contributed by atoms with Crippen LogP contribution in [-0.2, 0) is 23.9 Å². The molecule has 3 aliphatic heterocycles. The molecule has 0 bridgehead atoms. The fourth-order valence-electron chi connectivity index (χ4n) is 8.36. The fourth-order valence-corrected chi connectivity index (χ4v) is 9.29. The number of morpholine rings is 1. The highest BCUT2D eigenvalue weighted by molar-refractivity contribution is 6.58. The molecule has 246 valence electrons. The second-order valence-electron chi connectivity index (χ2n) is 12.9. The lowest BCUT2D eigenvalue weighted by molar-refractivity contribution is -0.125. The van der Waals surface area contributed by atoms with E-state index in [1.54, 1.807) is 30.3 Å². The molecule has 3 aromatic rings. The maximum absolute atomic E-state index is 14.4. The molecule has 4 fully saturated rings. The van der Waals surface area contributed by atoms with Crippen molar-refractivity contribution in [2.24, 2.45) is 17.8 Å². The Morgan fingerprint density at radius 2 is 1.40 bits per heavy atom. The van der Waals surface area contributed by atoms with Crippen molar-refractivity contribution in [1.29, 1.82) is 0 Å². The van der Waals surface area contributed by atoms with Crippen LogP contribution in [0.15, 0.2) is 84.4 Å². The number of rotatable bonds is 4. The number of allylic oxidation sites excluding steroid dienone is 2. The molecular formula is C36H30Cl2FN3O6. The number of nitrogens with zero attached hydrogens (tertiary/aromatic N) is 3. The number of carbonyl (C=O) groups is 4. The number of alkyl halides is 2. The van der Waals surface area contributed by atoms with Gasteiger partial charge in [-0.2, -0.15) is 0 Å². The average Bonchev–Trinajstić information content (AvgIpc) is 3.44. The van der Waals surface area contributed by atoms with Gasteiger partial charge in [-0.05, 0) is 73.4 Å². The second-order valence-corrected chi connectivity index (χ2v) is 14.2. The number of carbonyl (C=O) groups excluding carboxylic acids is 4. The molecule has 48 heavy (non-hydrogen) atoms. The molecule has 0 radical (unpaired) electrons. The number of anilines is 3. The predicted molar refractivity (Wildman–Crippen MR) is 177 cm³/mol. The van der Waals surface area contributed by atoms with Crippen LogP contribution in [0.1, 0.15) is 24.3 Å². The minimum absolute atomic E-state index is 0.0885. The summed E-state index contributed by atoms with van der Waals surface area (Å²) in [7, 11) is 0. The molecule has 9 nitrogen and oxygen atoms in total. The third-order valence-electron chi connectivity index (χ3n) is 10.6. The van der Waals surface area contributed by atoms with Crippen LogP contribution in [0, 0.1) is 23.6 Å². The molecule has 5 aliphatic rings. The monoisotopic (exact) mass is 689 g/mol. The number of benzene rings is 3. The summed E-state index contributed by atoms with van der Waals surface area (Å²) in [6, 6.07) is 18.5. The van der Waals surface area contributed by atoms with Gasteiger partial charge in [-0.15, -0.1) is 23.2 Å². The number of phenolic OH excluding ortho intramolecular Hbond substituents is 1. The smallest absolute Gasteiger partial charge is 0.258 e. The Morgan fingerprint density at radius 3 is 2.08 bits per heavy atom. The van der Waals surface area contributed by atoms with Crippen LogP contribution in [0.5, 0.6) is 5.75 Å². The van der Waals surface area contributed by atoms with Gasteiger partial charge in [0.25, 0.3) is 11.8 Å². The lowest BCUT2D eigenvalue weighted by atomic mass is 9.56. The van der Waals surface area contributed by atoms with E-state index < -0.39 is 57.0 Å². The van der Waals surface area contributed by atoms with Gasteiger partial charge in [-0.1, -0.05) is 29.8 Å². The predicted octanol–water partition coefficient (Wildman–Crippen LogP) is 5.14. The largest absolute Gasteiger partial charge is 0.508 e. The Morgan fingerprint density at radius 1 is 0.771 bits per heavy atom. The molecule has 0 aromatic heterocycles. The van der Waals surface area contributed by atoms with Crippen molar-refractivity contribution in [3.05, 3.63) is 95.8 Å². The Labute approximate surface area is 285 Å². The molecule has 4 amide bonds. The number of para-hydroxylation sites is 1. The van der Waals surface area contributed by atoms with Crippen molar-refractivity contribution in [2.45, 2.75) is 28.5 Å². The molecule has 3 heterocycles. The Hall–Kier alpha value is -4.25. The van der Waals surface area contributed by atoms with E-state index in [0.717, 1.165) is 35.8 Å². The van der Waals surface area contributed by atoms with Gasteiger partial charge in [-0.25, -0.2) is 9.29 Å². The number of amides is 4. The Bertz CT molecular complexity index is 1900. The summed E-state index contributed by atoms with van der Waals surface area (Å²) >= 11 is 14.7. The molecular weight excluding hydrogens is 660 g/mol. The van der Waals surface area contributed by atoms with E-state index in [4.69, 9.17) is 27.9 Å². The highest BCUT2D eigenvalue weighted by Gasteiger charge is 2.77. The molecule has 2 aliphatic carbocycles. The number of imide groups is 2. The first-order valence-corrected chi connectivity index (χ1v) is 16.6. The Kier molecular flexibility index (Phi) is 7.21. The summed E-state index contributed by atoms with van der Waals surface area (Å²) in [4.78, 5) is 57.1. The minimum atomic E-state index is -2.12. The van der Waals surface area contributed by atoms with Crippen molar-refractivity contribution < 1.29 is 33.4 Å². The normalized spacial score (nSPS) is 31.5. The summed E-state index contributed by atoms with van der Waals surface area (Å²) in [5.41, 5.74) is 2.31. The third kappa shape index (κ3) is 4.25. The minimum Gasteiger partial charge on any atom is -0.508 e. The first-order valence-electron chi connectivity index (χ1n) is 15.9. The van der Waals surface area contributed by atoms with Crippen LogP contribution < -0.4 is 14.7 Å². The molecule has 8 rings (SSSR count). The van der Waals surface area contributed by atoms with Crippen LogP contribution in [-0.4, -0.2) is 64.8 Å². The van der Waals surface area contributed by atoms with E-state index in [-0.39, 0.29) is 35.7 Å². The SMILES string of the molecule is O=C1[C@H]2[C@H](CC=C3[C@H]2C[C@@]2(Cl)C(=O)N(c4ccc(F)cc4)C(=O)[C@@]2(Cl)[C@H]3c2ccccc2O)C(=O)N1c1ccc(N2CCOCC2)cc1. The van der Waals surface area contributed by atoms with E-state index in [1.165, 1.54) is 23.1 Å². The molecule has 0 spiro atoms. The zero-order valence-corrected chi connectivity index (χ0v) is 27.0. The van der Waals surface area contributed by atoms with E-state index >= 15 is 0 Å². The second kappa shape index (κ2) is 11.1. The fraction of sp³-hybridized carbons (Fsp3) is 0.333. The van der Waals surface area contributed by atoms with E-state index in [2.05, 4.69) is 4.90 Å². The van der Waals surface area contributed by atoms with Gasteiger partial charge in [0.15, 0.2) is 9.75 Å². The van der Waals surface area contributed by atoms with Crippen molar-refractivity contribution in [3.8, 4) is 5.75 Å². The van der Waals surface area contributed by atoms with Crippen LogP contribution in [0.25, 0.3) is 0 Å². The van der Waals surface area contributed by atoms with Crippen LogP contribution in [0.4, 0.5) is 21.5 Å². The summed E-state index contributed by atoms with van der Waals surface area (Å²) in [5, 5.41) is 11.1. The molecule has 3 aromatic carbocycles. The van der Waals surface area contributed by atoms with Gasteiger partial charge in [0, 0.05) is 30.3 Å². The maximum Gasteiger partial charge on any atom is 0.258 e. The molecule has 6 atom stereocenters. The van der Waals surface area contributed by atoms with Crippen LogP contribution >= 0.6 is 23.2 Å². The van der Waals surface area contributed by atoms with Gasteiger partial charge >= 0.3 is 0 Å². The van der Waals surface area contributed by atoms with E-state index in [1.807, 2.05) is 18.2 Å². The van der Waals surface area contributed by atoms with Gasteiger partial charge in [0.2, 0.25) is 11.8 Å². The number of hydrogen-bond donors (Lipinski definition) is 1. The van der Waals surface area contributed by atoms with Crippen molar-refractivity contribution in [2.75, 3.05) is 41.0 Å². The number of hydrogen-bond acceptors (Lipinski definition) is 7. The average molecular weight is 691 g/mol. The van der Waals surface area contributed by atoms with E-state index in [9.17, 15) is 28.7 Å². The first-order chi connectivity index (χ1) is 23.1. The Balaban J connectivity index is 1.21. The lowest BCUT2D eigenvalue weighted by Gasteiger charge is -2.50.